The molecule has 1 atom stereocenters. The number of carbonyl (C=O) groups is 1. The number of nitrogens with one attached hydrogen (secondary N) is 1. The maximum atomic E-state index is 12.9. The minimum Gasteiger partial charge on any atom is -0.380 e. The molecule has 1 amide bonds. The molecule has 0 aromatic heterocycles. The van der Waals surface area contributed by atoms with Crippen LogP contribution in [0.1, 0.15) is 18.9 Å². The zero-order chi connectivity index (χ0) is 17.7. The first-order chi connectivity index (χ1) is 11.3. The van der Waals surface area contributed by atoms with Crippen LogP contribution in [0, 0.1) is 22.0 Å². The summed E-state index contributed by atoms with van der Waals surface area (Å²) in [6, 6.07) is 12.1. The van der Waals surface area contributed by atoms with Crippen molar-refractivity contribution >= 4 is 17.3 Å². The van der Waals surface area contributed by atoms with E-state index in [4.69, 9.17) is 0 Å². The van der Waals surface area contributed by atoms with Gasteiger partial charge in [-0.2, -0.15) is 0 Å². The monoisotopic (exact) mass is 420 g/mol. The predicted molar refractivity (Wildman–Crippen MR) is 85.9 cm³/mol. The second-order valence-electron chi connectivity index (χ2n) is 5.57. The van der Waals surface area contributed by atoms with Gasteiger partial charge in [0.05, 0.1) is 0 Å². The van der Waals surface area contributed by atoms with E-state index in [0.717, 1.165) is 5.56 Å². The number of nitro groups is 1. The van der Waals surface area contributed by atoms with Crippen molar-refractivity contribution in [1.82, 2.24) is 0 Å². The van der Waals surface area contributed by atoms with Crippen LogP contribution in [0.15, 0.2) is 42.5 Å². The van der Waals surface area contributed by atoms with Crippen LogP contribution in [0.5, 0.6) is 0 Å². The first kappa shape index (κ1) is 21.3. The number of aryl methyl sites for hydroxylation is 1. The summed E-state index contributed by atoms with van der Waals surface area (Å²) in [5.74, 6) is -0.982. The second kappa shape index (κ2) is 9.13. The van der Waals surface area contributed by atoms with Gasteiger partial charge in [-0.25, -0.2) is 4.39 Å². The van der Waals surface area contributed by atoms with Gasteiger partial charge in [0.25, 0.3) is 0 Å². The molecule has 8 heteroatoms. The van der Waals surface area contributed by atoms with E-state index in [1.165, 1.54) is 37.3 Å². The van der Waals surface area contributed by atoms with Crippen LogP contribution in [-0.4, -0.2) is 21.5 Å². The number of aliphatic hydroxyl groups is 1. The van der Waals surface area contributed by atoms with E-state index in [1.54, 1.807) is 12.1 Å². The number of non-ortho nitro benzene ring substituents is 1. The average molecular weight is 420 g/mol. The molecule has 0 spiro atoms. The van der Waals surface area contributed by atoms with E-state index in [-0.39, 0.29) is 50.6 Å². The van der Waals surface area contributed by atoms with E-state index in [9.17, 15) is 24.4 Å². The maximum Gasteiger partial charge on any atom is 0.245 e. The number of carbonyl (C=O) groups excluding carboxylic acids is 1. The topological polar surface area (TPSA) is 92.5 Å². The largest absolute Gasteiger partial charge is 0.380 e. The van der Waals surface area contributed by atoms with Crippen LogP contribution in [0.4, 0.5) is 15.8 Å². The third-order valence-electron chi connectivity index (χ3n) is 3.55. The van der Waals surface area contributed by atoms with Crippen LogP contribution in [-0.2, 0) is 43.9 Å². The van der Waals surface area contributed by atoms with Crippen molar-refractivity contribution in [2.75, 3.05) is 5.32 Å². The number of rotatable bonds is 6. The smallest absolute Gasteiger partial charge is 0.245 e. The molecule has 0 saturated carbocycles. The van der Waals surface area contributed by atoms with Crippen molar-refractivity contribution < 1.29 is 51.9 Å². The molecule has 0 heterocycles. The first-order valence-corrected chi connectivity index (χ1v) is 7.22. The van der Waals surface area contributed by atoms with Gasteiger partial charge in [0.1, 0.15) is 11.4 Å². The molecule has 25 heavy (non-hydrogen) atoms. The molecule has 129 valence electrons. The summed E-state index contributed by atoms with van der Waals surface area (Å²) < 4.78 is 12.9. The van der Waals surface area contributed by atoms with Crippen molar-refractivity contribution in [3.05, 3.63) is 70.0 Å². The molecule has 0 fully saturated rings. The number of anilines is 1. The fourth-order valence-corrected chi connectivity index (χ4v) is 2.03. The quantitative estimate of drug-likeness (QED) is 0.427. The number of nitrogens with zero attached hydrogens (tertiary/aromatic N) is 1. The Hall–Kier alpha value is -1.70. The summed E-state index contributed by atoms with van der Waals surface area (Å²) in [6.07, 6.45) is 0.536. The summed E-state index contributed by atoms with van der Waals surface area (Å²) >= 11 is 0. The standard InChI is InChI=1S/C17H16FN2O4.Y/c1-17(22,11-10-12-2-4-13(18)5-3-12)16(21)19-14-6-8-15(9-7-14)20(23)24;/h2-8,22H,10-11H2,1H3,(H,19,21);/q-1;/t17-;/m0./s1. The maximum absolute atomic E-state index is 12.9. The number of nitro benzene ring substituents is 1. The molecule has 0 saturated heterocycles. The van der Waals surface area contributed by atoms with E-state index < -0.39 is 16.4 Å². The van der Waals surface area contributed by atoms with Crippen molar-refractivity contribution in [3.63, 3.8) is 0 Å². The van der Waals surface area contributed by atoms with E-state index >= 15 is 0 Å². The fraction of sp³-hybridized carbons (Fsp3) is 0.235. The Balaban J connectivity index is 0.00000312. The Morgan fingerprint density at radius 1 is 1.32 bits per heavy atom. The van der Waals surface area contributed by atoms with Gasteiger partial charge in [0.2, 0.25) is 5.91 Å². The zero-order valence-electron chi connectivity index (χ0n) is 13.5. The molecule has 1 radical (unpaired) electrons. The van der Waals surface area contributed by atoms with Crippen molar-refractivity contribution in [2.24, 2.45) is 0 Å². The molecule has 2 aromatic carbocycles. The molecule has 2 rings (SSSR count). The van der Waals surface area contributed by atoms with Crippen LogP contribution in [0.3, 0.4) is 0 Å². The Morgan fingerprint density at radius 3 is 2.48 bits per heavy atom. The van der Waals surface area contributed by atoms with E-state index in [1.807, 2.05) is 0 Å². The Morgan fingerprint density at radius 2 is 1.96 bits per heavy atom. The van der Waals surface area contributed by atoms with Gasteiger partial charge < -0.3 is 10.4 Å². The summed E-state index contributed by atoms with van der Waals surface area (Å²) in [6.45, 7) is 1.38. The van der Waals surface area contributed by atoms with Crippen LogP contribution in [0.2, 0.25) is 0 Å². The molecule has 2 N–H and O–H groups in total. The molecule has 0 aliphatic heterocycles. The van der Waals surface area contributed by atoms with E-state index in [2.05, 4.69) is 11.4 Å². The third-order valence-corrected chi connectivity index (χ3v) is 3.55. The molecule has 0 bridgehead atoms. The number of halogens is 1. The molecular formula is C17H16FN2O4Y-. The van der Waals surface area contributed by atoms with Crippen molar-refractivity contribution in [3.8, 4) is 0 Å². The predicted octanol–water partition coefficient (Wildman–Crippen LogP) is 2.85. The van der Waals surface area contributed by atoms with Gasteiger partial charge in [-0.15, -0.1) is 12.1 Å². The van der Waals surface area contributed by atoms with Crippen LogP contribution < -0.4 is 5.32 Å². The molecular weight excluding hydrogens is 404 g/mol. The Kier molecular flexibility index (Phi) is 7.79. The van der Waals surface area contributed by atoms with Gasteiger partial charge in [-0.05, 0) is 37.5 Å². The normalized spacial score (nSPS) is 12.6. The van der Waals surface area contributed by atoms with E-state index in [0.29, 0.717) is 12.1 Å². The van der Waals surface area contributed by atoms with Gasteiger partial charge >= 0.3 is 0 Å². The summed E-state index contributed by atoms with van der Waals surface area (Å²) in [5.41, 5.74) is -0.757. The Labute approximate surface area is 169 Å². The van der Waals surface area contributed by atoms with Gasteiger partial charge in [0.15, 0.2) is 5.69 Å². The number of benzene rings is 2. The first-order valence-electron chi connectivity index (χ1n) is 7.22. The molecule has 6 nitrogen and oxygen atoms in total. The van der Waals surface area contributed by atoms with Crippen LogP contribution >= 0.6 is 0 Å². The summed E-state index contributed by atoms with van der Waals surface area (Å²) in [5, 5.41) is 23.3. The van der Waals surface area contributed by atoms with Gasteiger partial charge in [0, 0.05) is 37.6 Å². The van der Waals surface area contributed by atoms with Crippen LogP contribution in [0.25, 0.3) is 0 Å². The zero-order valence-corrected chi connectivity index (χ0v) is 16.4. The minimum absolute atomic E-state index is 0. The third kappa shape index (κ3) is 6.27. The van der Waals surface area contributed by atoms with Crippen molar-refractivity contribution in [2.45, 2.75) is 25.4 Å². The summed E-state index contributed by atoms with van der Waals surface area (Å²) in [7, 11) is 0. The Bertz CT molecular complexity index is 733. The fourth-order valence-electron chi connectivity index (χ4n) is 2.03. The van der Waals surface area contributed by atoms with Crippen molar-refractivity contribution in [1.29, 1.82) is 0 Å². The number of amides is 1. The molecule has 2 aromatic rings. The SMILES string of the molecule is C[C@](O)(CCc1ccc(F)cc1)C(=O)Nc1c[c-]c([N+](=O)[O-])cc1.[Y]. The minimum atomic E-state index is -1.64. The summed E-state index contributed by atoms with van der Waals surface area (Å²) in [4.78, 5) is 22.1. The van der Waals surface area contributed by atoms with Gasteiger partial charge in [-0.3, -0.25) is 14.9 Å². The number of hydrogen-bond acceptors (Lipinski definition) is 4. The molecule has 0 unspecified atom stereocenters. The second-order valence-corrected chi connectivity index (χ2v) is 5.57. The number of hydrogen-bond donors (Lipinski definition) is 2. The van der Waals surface area contributed by atoms with Gasteiger partial charge in [-0.1, -0.05) is 30.0 Å². The average Bonchev–Trinajstić information content (AvgIpc) is 2.55. The molecule has 0 aliphatic rings. The molecule has 0 aliphatic carbocycles.